The molecule has 0 fully saturated rings. The van der Waals surface area contributed by atoms with Crippen LogP contribution in [-0.2, 0) is 0 Å². The Labute approximate surface area is 149 Å². The van der Waals surface area contributed by atoms with Crippen molar-refractivity contribution in [3.8, 4) is 5.69 Å². The predicted octanol–water partition coefficient (Wildman–Crippen LogP) is 6.14. The molecule has 118 valence electrons. The van der Waals surface area contributed by atoms with Crippen molar-refractivity contribution in [1.29, 1.82) is 0 Å². The van der Waals surface area contributed by atoms with Crippen molar-refractivity contribution >= 4 is 48.3 Å². The minimum absolute atomic E-state index is 0.958. The molecule has 0 N–H and O–H groups in total. The number of aromatic nitrogens is 1. The van der Waals surface area contributed by atoms with E-state index in [0.29, 0.717) is 0 Å². The highest BCUT2D eigenvalue weighted by Crippen LogP contribution is 2.32. The molecule has 0 aliphatic rings. The molecule has 1 aromatic heterocycles. The van der Waals surface area contributed by atoms with E-state index in [2.05, 4.69) is 72.8 Å². The minimum Gasteiger partial charge on any atom is -0.309 e. The molecule has 0 amide bonds. The zero-order valence-electron chi connectivity index (χ0n) is 13.4. The van der Waals surface area contributed by atoms with Gasteiger partial charge >= 0.3 is 0 Å². The van der Waals surface area contributed by atoms with Crippen LogP contribution in [0.4, 0.5) is 0 Å². The van der Waals surface area contributed by atoms with E-state index >= 15 is 0 Å². The Hall–Kier alpha value is -1.84. The summed E-state index contributed by atoms with van der Waals surface area (Å²) in [5, 5.41) is 1.21. The SMILES string of the molecule is C=Cc1c(/C=C\C)c2ccc(S)cc2n1-c1ccccc1.CS. The van der Waals surface area contributed by atoms with E-state index in [0.717, 1.165) is 21.8 Å². The average molecular weight is 340 g/mol. The molecule has 3 heteroatoms. The normalized spacial score (nSPS) is 10.6. The highest BCUT2D eigenvalue weighted by molar-refractivity contribution is 7.80. The van der Waals surface area contributed by atoms with Crippen LogP contribution in [0.5, 0.6) is 0 Å². The molecule has 0 radical (unpaired) electrons. The molecular formula is C20H21NS2. The van der Waals surface area contributed by atoms with E-state index in [9.17, 15) is 0 Å². The van der Waals surface area contributed by atoms with Crippen LogP contribution in [0.25, 0.3) is 28.7 Å². The summed E-state index contributed by atoms with van der Waals surface area (Å²) in [7, 11) is 0. The second-order valence-corrected chi connectivity index (χ2v) is 5.39. The number of fused-ring (bicyclic) bond motifs is 1. The number of hydrogen-bond acceptors (Lipinski definition) is 2. The molecular weight excluding hydrogens is 318 g/mol. The van der Waals surface area contributed by atoms with Crippen molar-refractivity contribution in [2.75, 3.05) is 6.26 Å². The maximum atomic E-state index is 4.49. The predicted molar refractivity (Wildman–Crippen MR) is 110 cm³/mol. The third-order valence-corrected chi connectivity index (χ3v) is 3.85. The van der Waals surface area contributed by atoms with Crippen molar-refractivity contribution < 1.29 is 0 Å². The second kappa shape index (κ2) is 8.14. The van der Waals surface area contributed by atoms with Crippen LogP contribution in [-0.4, -0.2) is 10.8 Å². The zero-order valence-corrected chi connectivity index (χ0v) is 15.2. The van der Waals surface area contributed by atoms with Crippen LogP contribution in [0.3, 0.4) is 0 Å². The first kappa shape index (κ1) is 17.5. The fourth-order valence-corrected chi connectivity index (χ4v) is 2.92. The lowest BCUT2D eigenvalue weighted by Crippen LogP contribution is -1.96. The van der Waals surface area contributed by atoms with Crippen molar-refractivity contribution in [2.24, 2.45) is 0 Å². The highest BCUT2D eigenvalue weighted by atomic mass is 32.1. The van der Waals surface area contributed by atoms with Crippen molar-refractivity contribution in [3.63, 3.8) is 0 Å². The van der Waals surface area contributed by atoms with Gasteiger partial charge in [0.1, 0.15) is 0 Å². The van der Waals surface area contributed by atoms with Gasteiger partial charge in [-0.05, 0) is 43.5 Å². The maximum Gasteiger partial charge on any atom is 0.0552 e. The minimum atomic E-state index is 0.958. The molecule has 0 unspecified atom stereocenters. The largest absolute Gasteiger partial charge is 0.309 e. The van der Waals surface area contributed by atoms with E-state index in [1.165, 1.54) is 10.9 Å². The number of rotatable bonds is 3. The van der Waals surface area contributed by atoms with E-state index < -0.39 is 0 Å². The fraction of sp³-hybridized carbons (Fsp3) is 0.100. The molecule has 0 aliphatic heterocycles. The molecule has 3 aromatic rings. The van der Waals surface area contributed by atoms with Gasteiger partial charge in [0.25, 0.3) is 0 Å². The summed E-state index contributed by atoms with van der Waals surface area (Å²) in [6, 6.07) is 16.6. The van der Waals surface area contributed by atoms with Crippen LogP contribution in [0, 0.1) is 0 Å². The van der Waals surface area contributed by atoms with Crippen LogP contribution in [0.1, 0.15) is 18.2 Å². The van der Waals surface area contributed by atoms with Gasteiger partial charge in [0.2, 0.25) is 0 Å². The Morgan fingerprint density at radius 1 is 1.04 bits per heavy atom. The van der Waals surface area contributed by atoms with Crippen LogP contribution >= 0.6 is 25.3 Å². The molecule has 23 heavy (non-hydrogen) atoms. The topological polar surface area (TPSA) is 4.93 Å². The standard InChI is InChI=1S/C19H17NS.CH4S/c1-3-8-16-17-12-11-15(21)13-19(17)20(18(16)4-2)14-9-6-5-7-10-14;1-2/h3-13,21H,2H2,1H3;2H,1H3/b8-3-;. The Balaban J connectivity index is 0.000000924. The van der Waals surface area contributed by atoms with Gasteiger partial charge in [-0.2, -0.15) is 12.6 Å². The summed E-state index contributed by atoms with van der Waals surface area (Å²) in [5.41, 5.74) is 4.58. The quantitative estimate of drug-likeness (QED) is 0.528. The number of thiol groups is 2. The van der Waals surface area contributed by atoms with Crippen LogP contribution in [0.2, 0.25) is 0 Å². The van der Waals surface area contributed by atoms with E-state index in [1.807, 2.05) is 37.3 Å². The Kier molecular flexibility index (Phi) is 6.20. The summed E-state index contributed by atoms with van der Waals surface area (Å²) < 4.78 is 2.23. The van der Waals surface area contributed by atoms with Crippen molar-refractivity contribution in [1.82, 2.24) is 4.57 Å². The van der Waals surface area contributed by atoms with Crippen molar-refractivity contribution in [2.45, 2.75) is 11.8 Å². The lowest BCUT2D eigenvalue weighted by Gasteiger charge is -2.09. The third-order valence-electron chi connectivity index (χ3n) is 3.57. The Morgan fingerprint density at radius 3 is 2.35 bits per heavy atom. The van der Waals surface area contributed by atoms with Gasteiger partial charge in [-0.15, -0.1) is 12.6 Å². The Bertz CT molecular complexity index is 830. The lowest BCUT2D eigenvalue weighted by atomic mass is 10.1. The lowest BCUT2D eigenvalue weighted by molar-refractivity contribution is 1.10. The molecule has 1 heterocycles. The molecule has 0 saturated heterocycles. The number of para-hydroxylation sites is 1. The summed E-state index contributed by atoms with van der Waals surface area (Å²) in [6.07, 6.45) is 7.81. The van der Waals surface area contributed by atoms with E-state index in [4.69, 9.17) is 0 Å². The van der Waals surface area contributed by atoms with E-state index in [-0.39, 0.29) is 0 Å². The molecule has 0 saturated carbocycles. The molecule has 3 rings (SSSR count). The molecule has 0 bridgehead atoms. The smallest absolute Gasteiger partial charge is 0.0552 e. The summed E-state index contributed by atoms with van der Waals surface area (Å²) in [4.78, 5) is 0.958. The summed E-state index contributed by atoms with van der Waals surface area (Å²) in [5.74, 6) is 0. The van der Waals surface area contributed by atoms with Crippen LogP contribution in [0.15, 0.2) is 66.1 Å². The van der Waals surface area contributed by atoms with Crippen molar-refractivity contribution in [3.05, 3.63) is 72.4 Å². The van der Waals surface area contributed by atoms with Gasteiger partial charge in [-0.3, -0.25) is 0 Å². The molecule has 0 atom stereocenters. The number of hydrogen-bond donors (Lipinski definition) is 2. The first-order valence-corrected chi connectivity index (χ1v) is 8.73. The monoisotopic (exact) mass is 339 g/mol. The van der Waals surface area contributed by atoms with Gasteiger partial charge in [-0.25, -0.2) is 0 Å². The van der Waals surface area contributed by atoms with Gasteiger partial charge in [0.15, 0.2) is 0 Å². The first-order chi connectivity index (χ1) is 11.3. The number of nitrogens with zero attached hydrogens (tertiary/aromatic N) is 1. The highest BCUT2D eigenvalue weighted by Gasteiger charge is 2.14. The molecule has 2 aromatic carbocycles. The summed E-state index contributed by atoms with van der Waals surface area (Å²) in [6.45, 7) is 6.04. The van der Waals surface area contributed by atoms with Gasteiger partial charge in [0, 0.05) is 21.5 Å². The van der Waals surface area contributed by atoms with E-state index in [1.54, 1.807) is 6.26 Å². The van der Waals surface area contributed by atoms with Gasteiger partial charge in [0.05, 0.1) is 11.2 Å². The fourth-order valence-electron chi connectivity index (χ4n) is 2.72. The number of allylic oxidation sites excluding steroid dienone is 1. The van der Waals surface area contributed by atoms with Gasteiger partial charge < -0.3 is 4.57 Å². The molecule has 0 aliphatic carbocycles. The molecule has 0 spiro atoms. The summed E-state index contributed by atoms with van der Waals surface area (Å²) >= 11 is 8.02. The number of benzene rings is 2. The first-order valence-electron chi connectivity index (χ1n) is 7.39. The maximum absolute atomic E-state index is 4.49. The Morgan fingerprint density at radius 2 is 1.74 bits per heavy atom. The zero-order chi connectivity index (χ0) is 16.8. The second-order valence-electron chi connectivity index (χ2n) is 4.88. The molecule has 1 nitrogen and oxygen atoms in total. The van der Waals surface area contributed by atoms with Gasteiger partial charge in [-0.1, -0.05) is 43.0 Å². The van der Waals surface area contributed by atoms with Crippen LogP contribution < -0.4 is 0 Å². The third kappa shape index (κ3) is 3.41. The average Bonchev–Trinajstić information content (AvgIpc) is 2.90.